The molecule has 0 aliphatic carbocycles. The highest BCUT2D eigenvalue weighted by Gasteiger charge is 2.01. The number of hydrogen-bond donors (Lipinski definition) is 2. The Morgan fingerprint density at radius 3 is 2.00 bits per heavy atom. The van der Waals surface area contributed by atoms with E-state index < -0.39 is 0 Å². The molecular weight excluding hydrogens is 248 g/mol. The van der Waals surface area contributed by atoms with Gasteiger partial charge >= 0.3 is 6.03 Å². The molecule has 4 heteroatoms. The molecule has 3 nitrogen and oxygen atoms in total. The highest BCUT2D eigenvalue weighted by molar-refractivity contribution is 6.17. The lowest BCUT2D eigenvalue weighted by Crippen LogP contribution is -2.19. The maximum Gasteiger partial charge on any atom is 0.323 e. The second kappa shape index (κ2) is 6.07. The lowest BCUT2D eigenvalue weighted by atomic mass is 10.2. The van der Waals surface area contributed by atoms with Gasteiger partial charge in [0.2, 0.25) is 0 Å². The first-order valence-electron chi connectivity index (χ1n) is 5.56. The predicted molar refractivity (Wildman–Crippen MR) is 75.1 cm³/mol. The van der Waals surface area contributed by atoms with Crippen molar-refractivity contribution in [2.75, 3.05) is 10.6 Å². The first kappa shape index (κ1) is 12.5. The van der Waals surface area contributed by atoms with Crippen LogP contribution in [0, 0.1) is 0 Å². The molecular formula is C14H13ClN2O. The fraction of sp³-hybridized carbons (Fsp3) is 0.0714. The zero-order chi connectivity index (χ0) is 12.8. The minimum atomic E-state index is -0.264. The van der Waals surface area contributed by atoms with E-state index in [1.54, 1.807) is 0 Å². The van der Waals surface area contributed by atoms with E-state index in [-0.39, 0.29) is 6.03 Å². The van der Waals surface area contributed by atoms with Crippen LogP contribution in [0.15, 0.2) is 54.6 Å². The van der Waals surface area contributed by atoms with Crippen molar-refractivity contribution < 1.29 is 4.79 Å². The summed E-state index contributed by atoms with van der Waals surface area (Å²) >= 11 is 5.69. The highest BCUT2D eigenvalue weighted by atomic mass is 35.5. The Hall–Kier alpha value is -2.00. The van der Waals surface area contributed by atoms with Crippen molar-refractivity contribution in [1.29, 1.82) is 0 Å². The molecule has 2 amide bonds. The van der Waals surface area contributed by atoms with Crippen LogP contribution in [0.3, 0.4) is 0 Å². The van der Waals surface area contributed by atoms with Crippen LogP contribution in [-0.2, 0) is 5.88 Å². The van der Waals surface area contributed by atoms with Gasteiger partial charge in [0.1, 0.15) is 0 Å². The molecule has 2 N–H and O–H groups in total. The summed E-state index contributed by atoms with van der Waals surface area (Å²) in [4.78, 5) is 11.7. The number of carbonyl (C=O) groups excluding carboxylic acids is 1. The molecule has 0 saturated carbocycles. The van der Waals surface area contributed by atoms with Gasteiger partial charge in [0.15, 0.2) is 0 Å². The molecule has 2 rings (SSSR count). The second-order valence-electron chi connectivity index (χ2n) is 3.78. The van der Waals surface area contributed by atoms with E-state index in [4.69, 9.17) is 11.6 Å². The van der Waals surface area contributed by atoms with Crippen LogP contribution < -0.4 is 10.6 Å². The van der Waals surface area contributed by atoms with Crippen LogP contribution in [0.5, 0.6) is 0 Å². The molecule has 0 aliphatic heterocycles. The van der Waals surface area contributed by atoms with E-state index in [0.717, 1.165) is 16.9 Å². The molecule has 2 aromatic rings. The van der Waals surface area contributed by atoms with E-state index in [2.05, 4.69) is 10.6 Å². The average Bonchev–Trinajstić information content (AvgIpc) is 2.40. The summed E-state index contributed by atoms with van der Waals surface area (Å²) in [5.41, 5.74) is 2.51. The Kier molecular flexibility index (Phi) is 4.20. The number of para-hydroxylation sites is 1. The number of hydrogen-bond acceptors (Lipinski definition) is 1. The number of halogens is 1. The van der Waals surface area contributed by atoms with Gasteiger partial charge in [0.25, 0.3) is 0 Å². The van der Waals surface area contributed by atoms with Gasteiger partial charge in [-0.25, -0.2) is 4.79 Å². The lowest BCUT2D eigenvalue weighted by Gasteiger charge is -2.07. The topological polar surface area (TPSA) is 41.1 Å². The Labute approximate surface area is 111 Å². The normalized spacial score (nSPS) is 9.83. The van der Waals surface area contributed by atoms with Crippen molar-refractivity contribution in [2.45, 2.75) is 5.88 Å². The smallest absolute Gasteiger partial charge is 0.308 e. The van der Waals surface area contributed by atoms with Crippen LogP contribution in [0.4, 0.5) is 16.2 Å². The Morgan fingerprint density at radius 1 is 0.889 bits per heavy atom. The largest absolute Gasteiger partial charge is 0.323 e. The number of anilines is 2. The zero-order valence-corrected chi connectivity index (χ0v) is 10.4. The maximum atomic E-state index is 11.7. The van der Waals surface area contributed by atoms with Crippen molar-refractivity contribution in [3.05, 3.63) is 60.2 Å². The summed E-state index contributed by atoms with van der Waals surface area (Å²) in [6.07, 6.45) is 0. The molecule has 0 aromatic heterocycles. The first-order valence-corrected chi connectivity index (χ1v) is 6.09. The Bertz CT molecular complexity index is 511. The van der Waals surface area contributed by atoms with Crippen LogP contribution >= 0.6 is 11.6 Å². The molecule has 18 heavy (non-hydrogen) atoms. The molecule has 0 radical (unpaired) electrons. The number of alkyl halides is 1. The molecule has 0 bridgehead atoms. The predicted octanol–water partition coefficient (Wildman–Crippen LogP) is 4.07. The number of amides is 2. The molecule has 92 valence electrons. The van der Waals surface area contributed by atoms with E-state index in [9.17, 15) is 4.79 Å². The molecule has 0 saturated heterocycles. The number of benzene rings is 2. The third kappa shape index (κ3) is 3.50. The number of urea groups is 1. The van der Waals surface area contributed by atoms with Gasteiger partial charge in [0, 0.05) is 17.3 Å². The molecule has 0 aliphatic rings. The summed E-state index contributed by atoms with van der Waals surface area (Å²) in [7, 11) is 0. The summed E-state index contributed by atoms with van der Waals surface area (Å²) in [6.45, 7) is 0. The Balaban J connectivity index is 1.94. The third-order valence-electron chi connectivity index (χ3n) is 2.40. The van der Waals surface area contributed by atoms with Gasteiger partial charge in [0.05, 0.1) is 0 Å². The van der Waals surface area contributed by atoms with Crippen LogP contribution in [0.2, 0.25) is 0 Å². The summed E-state index contributed by atoms with van der Waals surface area (Å²) in [6, 6.07) is 16.4. The monoisotopic (exact) mass is 260 g/mol. The van der Waals surface area contributed by atoms with Gasteiger partial charge in [-0.3, -0.25) is 0 Å². The van der Waals surface area contributed by atoms with Crippen molar-refractivity contribution in [2.24, 2.45) is 0 Å². The molecule has 0 spiro atoms. The summed E-state index contributed by atoms with van der Waals surface area (Å²) in [5.74, 6) is 0.469. The quantitative estimate of drug-likeness (QED) is 0.803. The van der Waals surface area contributed by atoms with Gasteiger partial charge in [-0.2, -0.15) is 0 Å². The van der Waals surface area contributed by atoms with E-state index in [1.807, 2.05) is 54.6 Å². The summed E-state index contributed by atoms with van der Waals surface area (Å²) < 4.78 is 0. The zero-order valence-electron chi connectivity index (χ0n) is 9.69. The van der Waals surface area contributed by atoms with E-state index in [1.165, 1.54) is 0 Å². The highest BCUT2D eigenvalue weighted by Crippen LogP contribution is 2.12. The number of nitrogens with one attached hydrogen (secondary N) is 2. The van der Waals surface area contributed by atoms with Crippen molar-refractivity contribution in [1.82, 2.24) is 0 Å². The molecule has 0 heterocycles. The van der Waals surface area contributed by atoms with Gasteiger partial charge < -0.3 is 10.6 Å². The molecule has 0 atom stereocenters. The molecule has 0 fully saturated rings. The standard InChI is InChI=1S/C14H13ClN2O/c15-10-11-6-8-13(9-7-11)17-14(18)16-12-4-2-1-3-5-12/h1-9H,10H2,(H2,16,17,18). The third-order valence-corrected chi connectivity index (χ3v) is 2.71. The van der Waals surface area contributed by atoms with Crippen LogP contribution in [-0.4, -0.2) is 6.03 Å². The number of rotatable bonds is 3. The summed E-state index contributed by atoms with van der Waals surface area (Å²) in [5, 5.41) is 5.49. The van der Waals surface area contributed by atoms with E-state index in [0.29, 0.717) is 5.88 Å². The van der Waals surface area contributed by atoms with Crippen molar-refractivity contribution in [3.8, 4) is 0 Å². The lowest BCUT2D eigenvalue weighted by molar-refractivity contribution is 0.262. The van der Waals surface area contributed by atoms with Gasteiger partial charge in [-0.05, 0) is 29.8 Å². The van der Waals surface area contributed by atoms with Crippen molar-refractivity contribution in [3.63, 3.8) is 0 Å². The minimum absolute atomic E-state index is 0.264. The number of carbonyl (C=O) groups is 1. The molecule has 0 unspecified atom stereocenters. The first-order chi connectivity index (χ1) is 8.78. The Morgan fingerprint density at radius 2 is 1.44 bits per heavy atom. The minimum Gasteiger partial charge on any atom is -0.308 e. The fourth-order valence-electron chi connectivity index (χ4n) is 1.49. The van der Waals surface area contributed by atoms with Gasteiger partial charge in [-0.1, -0.05) is 30.3 Å². The van der Waals surface area contributed by atoms with Crippen LogP contribution in [0.25, 0.3) is 0 Å². The maximum absolute atomic E-state index is 11.7. The fourth-order valence-corrected chi connectivity index (χ4v) is 1.67. The second-order valence-corrected chi connectivity index (χ2v) is 4.04. The van der Waals surface area contributed by atoms with Crippen LogP contribution in [0.1, 0.15) is 5.56 Å². The van der Waals surface area contributed by atoms with Gasteiger partial charge in [-0.15, -0.1) is 11.6 Å². The SMILES string of the molecule is O=C(Nc1ccccc1)Nc1ccc(CCl)cc1. The average molecular weight is 261 g/mol. The molecule has 2 aromatic carbocycles. The van der Waals surface area contributed by atoms with Crippen molar-refractivity contribution >= 4 is 29.0 Å². The van der Waals surface area contributed by atoms with E-state index >= 15 is 0 Å².